The third-order valence-corrected chi connectivity index (χ3v) is 2.60. The smallest absolute Gasteiger partial charge is 0.276 e. The second-order valence-corrected chi connectivity index (χ2v) is 3.88. The van der Waals surface area contributed by atoms with Crippen LogP contribution in [0.1, 0.15) is 11.9 Å². The molecule has 1 N–H and O–H groups in total. The van der Waals surface area contributed by atoms with Gasteiger partial charge in [0.1, 0.15) is 17.6 Å². The Kier molecular flexibility index (Phi) is 2.99. The van der Waals surface area contributed by atoms with Gasteiger partial charge in [-0.2, -0.15) is 4.98 Å². The molecule has 2 aromatic heterocycles. The Hall–Kier alpha value is -1.86. The topological polar surface area (TPSA) is 73.1 Å². The van der Waals surface area contributed by atoms with Crippen LogP contribution in [0.2, 0.25) is 0 Å². The van der Waals surface area contributed by atoms with Gasteiger partial charge in [0.05, 0.1) is 12.8 Å². The van der Waals surface area contributed by atoms with Crippen molar-refractivity contribution in [2.75, 3.05) is 19.7 Å². The van der Waals surface area contributed by atoms with Crippen molar-refractivity contribution >= 4 is 0 Å². The van der Waals surface area contributed by atoms with Crippen LogP contribution in [-0.4, -0.2) is 34.8 Å². The van der Waals surface area contributed by atoms with Crippen molar-refractivity contribution in [3.05, 3.63) is 30.0 Å². The molecule has 18 heavy (non-hydrogen) atoms. The molecule has 7 heteroatoms. The third kappa shape index (κ3) is 2.22. The zero-order valence-electron chi connectivity index (χ0n) is 9.47. The predicted octanol–water partition coefficient (Wildman–Crippen LogP) is 0.932. The molecule has 1 fully saturated rings. The van der Waals surface area contributed by atoms with Crippen LogP contribution >= 0.6 is 0 Å². The highest BCUT2D eigenvalue weighted by Gasteiger charge is 2.22. The maximum atomic E-state index is 12.7. The summed E-state index contributed by atoms with van der Waals surface area (Å²) in [7, 11) is 0. The van der Waals surface area contributed by atoms with Crippen LogP contribution < -0.4 is 5.32 Å². The fourth-order valence-corrected chi connectivity index (χ4v) is 1.70. The Morgan fingerprint density at radius 3 is 3.06 bits per heavy atom. The molecule has 0 spiro atoms. The second-order valence-electron chi connectivity index (χ2n) is 3.88. The van der Waals surface area contributed by atoms with Crippen molar-refractivity contribution in [3.63, 3.8) is 0 Å². The highest BCUT2D eigenvalue weighted by atomic mass is 19.1. The standard InChI is InChI=1S/C11H11FN4O2/c12-7-1-2-8(14-5-7)11-15-10(16-18-11)9-6-13-3-4-17-9/h1-2,5,9,13H,3-4,6H2. The minimum Gasteiger partial charge on any atom is -0.367 e. The van der Waals surface area contributed by atoms with Crippen molar-refractivity contribution in [3.8, 4) is 11.6 Å². The Bertz CT molecular complexity index is 522. The summed E-state index contributed by atoms with van der Waals surface area (Å²) in [5, 5.41) is 7.03. The van der Waals surface area contributed by atoms with Gasteiger partial charge in [-0.1, -0.05) is 5.16 Å². The van der Waals surface area contributed by atoms with Gasteiger partial charge in [0.2, 0.25) is 5.82 Å². The predicted molar refractivity (Wildman–Crippen MR) is 59.0 cm³/mol. The molecule has 2 aromatic rings. The van der Waals surface area contributed by atoms with E-state index in [1.54, 1.807) is 0 Å². The molecule has 1 unspecified atom stereocenters. The summed E-state index contributed by atoms with van der Waals surface area (Å²) in [6.45, 7) is 2.08. The molecule has 94 valence electrons. The van der Waals surface area contributed by atoms with Gasteiger partial charge in [0.25, 0.3) is 5.89 Å². The summed E-state index contributed by atoms with van der Waals surface area (Å²) in [6.07, 6.45) is 0.898. The molecule has 3 heterocycles. The molecule has 1 atom stereocenters. The van der Waals surface area contributed by atoms with Crippen LogP contribution in [0.4, 0.5) is 4.39 Å². The monoisotopic (exact) mass is 250 g/mol. The van der Waals surface area contributed by atoms with Crippen LogP contribution in [0, 0.1) is 5.82 Å². The number of hydrogen-bond acceptors (Lipinski definition) is 6. The normalized spacial score (nSPS) is 19.9. The molecule has 0 aliphatic carbocycles. The Balaban J connectivity index is 1.82. The number of halogens is 1. The van der Waals surface area contributed by atoms with Gasteiger partial charge in [0.15, 0.2) is 0 Å². The van der Waals surface area contributed by atoms with Crippen LogP contribution in [0.5, 0.6) is 0 Å². The average Bonchev–Trinajstić information content (AvgIpc) is 2.90. The minimum atomic E-state index is -0.404. The van der Waals surface area contributed by atoms with E-state index in [4.69, 9.17) is 9.26 Å². The number of ether oxygens (including phenoxy) is 1. The molecule has 6 nitrogen and oxygen atoms in total. The Labute approximate surface area is 102 Å². The summed E-state index contributed by atoms with van der Waals surface area (Å²) < 4.78 is 23.3. The van der Waals surface area contributed by atoms with Crippen LogP contribution in [0.25, 0.3) is 11.6 Å². The lowest BCUT2D eigenvalue weighted by Gasteiger charge is -2.20. The Morgan fingerprint density at radius 2 is 2.33 bits per heavy atom. The van der Waals surface area contributed by atoms with Crippen LogP contribution in [-0.2, 0) is 4.74 Å². The minimum absolute atomic E-state index is 0.211. The fraction of sp³-hybridized carbons (Fsp3) is 0.364. The van der Waals surface area contributed by atoms with E-state index < -0.39 is 5.82 Å². The first-order valence-corrected chi connectivity index (χ1v) is 5.61. The van der Waals surface area contributed by atoms with E-state index in [2.05, 4.69) is 20.4 Å². The number of nitrogens with one attached hydrogen (secondary N) is 1. The number of rotatable bonds is 2. The zero-order chi connectivity index (χ0) is 12.4. The highest BCUT2D eigenvalue weighted by molar-refractivity contribution is 5.45. The number of hydrogen-bond donors (Lipinski definition) is 1. The summed E-state index contributed by atoms with van der Waals surface area (Å²) in [6, 6.07) is 2.79. The molecule has 0 bridgehead atoms. The van der Waals surface area contributed by atoms with E-state index >= 15 is 0 Å². The second kappa shape index (κ2) is 4.79. The summed E-state index contributed by atoms with van der Waals surface area (Å²) in [5.74, 6) is 0.334. The van der Waals surface area contributed by atoms with Gasteiger partial charge in [-0.15, -0.1) is 0 Å². The number of pyridine rings is 1. The highest BCUT2D eigenvalue weighted by Crippen LogP contribution is 2.20. The molecule has 0 saturated carbocycles. The van der Waals surface area contributed by atoms with Crippen molar-refractivity contribution in [1.82, 2.24) is 20.4 Å². The average molecular weight is 250 g/mol. The van der Waals surface area contributed by atoms with Crippen LogP contribution in [0.3, 0.4) is 0 Å². The maximum Gasteiger partial charge on any atom is 0.276 e. The van der Waals surface area contributed by atoms with Gasteiger partial charge in [-0.25, -0.2) is 9.37 Å². The number of aromatic nitrogens is 3. The molecule has 1 aliphatic heterocycles. The third-order valence-electron chi connectivity index (χ3n) is 2.60. The summed E-state index contributed by atoms with van der Waals surface area (Å²) in [4.78, 5) is 8.09. The van der Waals surface area contributed by atoms with Gasteiger partial charge in [-0.3, -0.25) is 0 Å². The van der Waals surface area contributed by atoms with Gasteiger partial charge < -0.3 is 14.6 Å². The lowest BCUT2D eigenvalue weighted by Crippen LogP contribution is -2.33. The summed E-state index contributed by atoms with van der Waals surface area (Å²) >= 11 is 0. The van der Waals surface area contributed by atoms with E-state index in [0.29, 0.717) is 24.7 Å². The molecular weight excluding hydrogens is 239 g/mol. The maximum absolute atomic E-state index is 12.7. The molecule has 0 amide bonds. The van der Waals surface area contributed by atoms with Gasteiger partial charge in [0, 0.05) is 13.1 Å². The molecule has 0 radical (unpaired) electrons. The molecular formula is C11H11FN4O2. The van der Waals surface area contributed by atoms with Crippen LogP contribution in [0.15, 0.2) is 22.9 Å². The Morgan fingerprint density at radius 1 is 1.39 bits per heavy atom. The first-order valence-electron chi connectivity index (χ1n) is 5.61. The molecule has 3 rings (SSSR count). The van der Waals surface area contributed by atoms with Crippen molar-refractivity contribution in [1.29, 1.82) is 0 Å². The van der Waals surface area contributed by atoms with E-state index in [-0.39, 0.29) is 12.0 Å². The quantitative estimate of drug-likeness (QED) is 0.854. The fourth-order valence-electron chi connectivity index (χ4n) is 1.70. The van der Waals surface area contributed by atoms with Crippen molar-refractivity contribution in [2.45, 2.75) is 6.10 Å². The first kappa shape index (κ1) is 11.2. The van der Waals surface area contributed by atoms with Crippen molar-refractivity contribution < 1.29 is 13.7 Å². The molecule has 1 aliphatic rings. The van der Waals surface area contributed by atoms with E-state index in [0.717, 1.165) is 12.7 Å². The molecule has 1 saturated heterocycles. The molecule has 0 aromatic carbocycles. The number of morpholine rings is 1. The SMILES string of the molecule is Fc1ccc(-c2nc(C3CNCCO3)no2)nc1. The summed E-state index contributed by atoms with van der Waals surface area (Å²) in [5.41, 5.74) is 0.443. The van der Waals surface area contributed by atoms with Gasteiger partial charge in [-0.05, 0) is 12.1 Å². The lowest BCUT2D eigenvalue weighted by molar-refractivity contribution is 0.0208. The largest absolute Gasteiger partial charge is 0.367 e. The zero-order valence-corrected chi connectivity index (χ0v) is 9.47. The van der Waals surface area contributed by atoms with E-state index in [9.17, 15) is 4.39 Å². The number of nitrogens with zero attached hydrogens (tertiary/aromatic N) is 3. The first-order chi connectivity index (χ1) is 8.83. The lowest BCUT2D eigenvalue weighted by atomic mass is 10.3. The van der Waals surface area contributed by atoms with Crippen molar-refractivity contribution in [2.24, 2.45) is 0 Å². The van der Waals surface area contributed by atoms with E-state index in [1.807, 2.05) is 0 Å². The van der Waals surface area contributed by atoms with E-state index in [1.165, 1.54) is 12.1 Å². The van der Waals surface area contributed by atoms with Gasteiger partial charge >= 0.3 is 0 Å².